The highest BCUT2D eigenvalue weighted by atomic mass is 16.7. The van der Waals surface area contributed by atoms with E-state index in [9.17, 15) is 4.79 Å². The summed E-state index contributed by atoms with van der Waals surface area (Å²) in [6.07, 6.45) is 5.38. The average Bonchev–Trinajstić information content (AvgIpc) is 3.18. The van der Waals surface area contributed by atoms with Crippen molar-refractivity contribution in [2.45, 2.75) is 13.5 Å². The first-order chi connectivity index (χ1) is 13.7. The van der Waals surface area contributed by atoms with Crippen molar-refractivity contribution in [1.29, 1.82) is 0 Å². The number of rotatable bonds is 6. The van der Waals surface area contributed by atoms with Gasteiger partial charge in [-0.05, 0) is 42.8 Å². The first kappa shape index (κ1) is 19.1. The topological polar surface area (TPSA) is 84.0 Å². The molecule has 7 nitrogen and oxygen atoms in total. The molecule has 0 spiro atoms. The molecular weight excluding hydrogens is 356 g/mol. The number of ether oxygens (including phenoxy) is 2. The van der Waals surface area contributed by atoms with Gasteiger partial charge in [-0.25, -0.2) is 4.99 Å². The molecule has 7 heteroatoms. The number of carbonyl (C=O) groups is 1. The van der Waals surface area contributed by atoms with Crippen LogP contribution in [0.25, 0.3) is 0 Å². The molecule has 0 saturated heterocycles. The molecule has 1 aliphatic heterocycles. The quantitative estimate of drug-likeness (QED) is 0.407. The zero-order chi connectivity index (χ0) is 19.8. The summed E-state index contributed by atoms with van der Waals surface area (Å²) < 4.78 is 10.7. The van der Waals surface area contributed by atoms with Gasteiger partial charge in [-0.2, -0.15) is 0 Å². The number of guanidine groups is 1. The summed E-state index contributed by atoms with van der Waals surface area (Å²) >= 11 is 0. The number of benzene rings is 2. The van der Waals surface area contributed by atoms with Crippen molar-refractivity contribution < 1.29 is 14.3 Å². The molecule has 0 aromatic heterocycles. The molecular formula is C21H22N4O3. The third-order valence-corrected chi connectivity index (χ3v) is 3.93. The van der Waals surface area contributed by atoms with Crippen LogP contribution in [0, 0.1) is 12.3 Å². The van der Waals surface area contributed by atoms with Crippen molar-refractivity contribution >= 4 is 17.6 Å². The summed E-state index contributed by atoms with van der Waals surface area (Å²) in [5.74, 6) is 4.36. The Balaban J connectivity index is 1.55. The number of nitrogens with one attached hydrogen (secondary N) is 3. The first-order valence-electron chi connectivity index (χ1n) is 8.95. The van der Waals surface area contributed by atoms with E-state index in [1.807, 2.05) is 25.1 Å². The third-order valence-electron chi connectivity index (χ3n) is 3.93. The van der Waals surface area contributed by atoms with E-state index in [4.69, 9.17) is 15.9 Å². The molecule has 3 N–H and O–H groups in total. The molecule has 144 valence electrons. The molecule has 0 bridgehead atoms. The fraction of sp³-hybridized carbons (Fsp3) is 0.238. The largest absolute Gasteiger partial charge is 0.454 e. The zero-order valence-corrected chi connectivity index (χ0v) is 15.6. The summed E-state index contributed by atoms with van der Waals surface area (Å²) in [5, 5.41) is 8.95. The lowest BCUT2D eigenvalue weighted by Crippen LogP contribution is -2.41. The predicted octanol–water partition coefficient (Wildman–Crippen LogP) is 2.09. The molecule has 0 unspecified atom stereocenters. The monoisotopic (exact) mass is 378 g/mol. The maximum Gasteiger partial charge on any atom is 0.243 e. The molecule has 0 saturated carbocycles. The highest BCUT2D eigenvalue weighted by Gasteiger charge is 2.13. The highest BCUT2D eigenvalue weighted by molar-refractivity contribution is 5.95. The lowest BCUT2D eigenvalue weighted by atomic mass is 10.2. The Hall–Kier alpha value is -3.66. The van der Waals surface area contributed by atoms with Crippen LogP contribution < -0.4 is 25.4 Å². The van der Waals surface area contributed by atoms with Crippen LogP contribution in [0.15, 0.2) is 47.5 Å². The van der Waals surface area contributed by atoms with Gasteiger partial charge in [-0.3, -0.25) is 4.79 Å². The Morgan fingerprint density at radius 1 is 1.18 bits per heavy atom. The summed E-state index contributed by atoms with van der Waals surface area (Å²) in [4.78, 5) is 16.7. The van der Waals surface area contributed by atoms with Crippen molar-refractivity contribution in [2.24, 2.45) is 4.99 Å². The SMILES string of the molecule is C#Cc1cccc(NC(=O)CNC(=NCc2ccc3c(c2)OCO3)NCC)c1. The molecule has 1 aliphatic rings. The van der Waals surface area contributed by atoms with E-state index in [1.165, 1.54) is 0 Å². The Morgan fingerprint density at radius 2 is 2.04 bits per heavy atom. The minimum absolute atomic E-state index is 0.0766. The number of anilines is 1. The second kappa shape index (κ2) is 9.33. The fourth-order valence-corrected chi connectivity index (χ4v) is 2.61. The highest BCUT2D eigenvalue weighted by Crippen LogP contribution is 2.32. The summed E-state index contributed by atoms with van der Waals surface area (Å²) in [6.45, 7) is 3.40. The number of nitrogens with zero attached hydrogens (tertiary/aromatic N) is 1. The second-order valence-electron chi connectivity index (χ2n) is 6.01. The predicted molar refractivity (Wildman–Crippen MR) is 108 cm³/mol. The molecule has 1 heterocycles. The Morgan fingerprint density at radius 3 is 2.86 bits per heavy atom. The standard InChI is InChI=1S/C21H22N4O3/c1-3-15-6-5-7-17(10-15)25-20(26)13-24-21(22-4-2)23-12-16-8-9-18-19(11-16)28-14-27-18/h1,5-11H,4,12-14H2,2H3,(H,25,26)(H2,22,23,24). The van der Waals surface area contributed by atoms with Crippen LogP contribution in [-0.2, 0) is 11.3 Å². The lowest BCUT2D eigenvalue weighted by Gasteiger charge is -2.12. The van der Waals surface area contributed by atoms with Gasteiger partial charge in [0.25, 0.3) is 0 Å². The first-order valence-corrected chi connectivity index (χ1v) is 8.95. The van der Waals surface area contributed by atoms with E-state index in [-0.39, 0.29) is 19.2 Å². The van der Waals surface area contributed by atoms with Crippen LogP contribution in [0.2, 0.25) is 0 Å². The molecule has 0 radical (unpaired) electrons. The Labute approximate surface area is 164 Å². The summed E-state index contributed by atoms with van der Waals surface area (Å²) in [5.41, 5.74) is 2.35. The minimum Gasteiger partial charge on any atom is -0.454 e. The molecule has 2 aromatic carbocycles. The number of amides is 1. The fourth-order valence-electron chi connectivity index (χ4n) is 2.61. The van der Waals surface area contributed by atoms with Crippen LogP contribution in [0.3, 0.4) is 0 Å². The number of carbonyl (C=O) groups excluding carboxylic acids is 1. The van der Waals surface area contributed by atoms with Crippen LogP contribution in [0.4, 0.5) is 5.69 Å². The summed E-state index contributed by atoms with van der Waals surface area (Å²) in [7, 11) is 0. The van der Waals surface area contributed by atoms with Crippen molar-refractivity contribution in [1.82, 2.24) is 10.6 Å². The van der Waals surface area contributed by atoms with Crippen molar-refractivity contribution in [3.8, 4) is 23.8 Å². The zero-order valence-electron chi connectivity index (χ0n) is 15.6. The van der Waals surface area contributed by atoms with E-state index in [0.717, 1.165) is 17.1 Å². The summed E-state index contributed by atoms with van der Waals surface area (Å²) in [6, 6.07) is 12.8. The van der Waals surface area contributed by atoms with Crippen LogP contribution in [-0.4, -0.2) is 31.7 Å². The van der Waals surface area contributed by atoms with Gasteiger partial charge in [-0.1, -0.05) is 18.1 Å². The molecule has 1 amide bonds. The van der Waals surface area contributed by atoms with E-state index in [1.54, 1.807) is 24.3 Å². The van der Waals surface area contributed by atoms with Crippen LogP contribution >= 0.6 is 0 Å². The lowest BCUT2D eigenvalue weighted by molar-refractivity contribution is -0.115. The maximum absolute atomic E-state index is 12.2. The maximum atomic E-state index is 12.2. The van der Waals surface area contributed by atoms with Gasteiger partial charge in [0.2, 0.25) is 12.7 Å². The number of fused-ring (bicyclic) bond motifs is 1. The smallest absolute Gasteiger partial charge is 0.243 e. The number of terminal acetylenes is 1. The van der Waals surface area contributed by atoms with E-state index < -0.39 is 0 Å². The number of hydrogen-bond acceptors (Lipinski definition) is 4. The Kier molecular flexibility index (Phi) is 6.37. The number of aliphatic imine (C=N–C) groups is 1. The van der Waals surface area contributed by atoms with E-state index in [2.05, 4.69) is 26.9 Å². The van der Waals surface area contributed by atoms with Crippen molar-refractivity contribution in [3.63, 3.8) is 0 Å². The molecule has 0 fully saturated rings. The second-order valence-corrected chi connectivity index (χ2v) is 6.01. The van der Waals surface area contributed by atoms with Gasteiger partial charge in [0.05, 0.1) is 13.1 Å². The minimum atomic E-state index is -0.192. The number of hydrogen-bond donors (Lipinski definition) is 3. The van der Waals surface area contributed by atoms with Gasteiger partial charge < -0.3 is 25.4 Å². The average molecular weight is 378 g/mol. The molecule has 28 heavy (non-hydrogen) atoms. The third kappa shape index (κ3) is 5.17. The van der Waals surface area contributed by atoms with E-state index >= 15 is 0 Å². The molecule has 3 rings (SSSR count). The van der Waals surface area contributed by atoms with Crippen molar-refractivity contribution in [2.75, 3.05) is 25.2 Å². The van der Waals surface area contributed by atoms with Gasteiger partial charge >= 0.3 is 0 Å². The van der Waals surface area contributed by atoms with Gasteiger partial charge in [0, 0.05) is 17.8 Å². The molecule has 0 atom stereocenters. The van der Waals surface area contributed by atoms with E-state index in [0.29, 0.717) is 30.3 Å². The van der Waals surface area contributed by atoms with Gasteiger partial charge in [-0.15, -0.1) is 6.42 Å². The molecule has 2 aromatic rings. The van der Waals surface area contributed by atoms with Gasteiger partial charge in [0.15, 0.2) is 17.5 Å². The van der Waals surface area contributed by atoms with Gasteiger partial charge in [0.1, 0.15) is 0 Å². The normalized spacial score (nSPS) is 12.2. The van der Waals surface area contributed by atoms with Crippen molar-refractivity contribution in [3.05, 3.63) is 53.6 Å². The Bertz CT molecular complexity index is 918. The van der Waals surface area contributed by atoms with Crippen LogP contribution in [0.1, 0.15) is 18.1 Å². The molecule has 0 aliphatic carbocycles. The van der Waals surface area contributed by atoms with Crippen LogP contribution in [0.5, 0.6) is 11.5 Å².